The lowest BCUT2D eigenvalue weighted by molar-refractivity contribution is 0.0763. The number of Topliss-reactive ketones (excluding diaryl/α,β-unsaturated/α-hetero) is 1. The van der Waals surface area contributed by atoms with Gasteiger partial charge in [-0.05, 0) is 56.1 Å². The summed E-state index contributed by atoms with van der Waals surface area (Å²) in [6, 6.07) is 12.2. The number of carbonyl (C=O) groups is 1. The zero-order valence-electron chi connectivity index (χ0n) is 21.0. The molecule has 2 aromatic rings. The number of carbonyl (C=O) groups excluding carboxylic acids is 1. The summed E-state index contributed by atoms with van der Waals surface area (Å²) in [7, 11) is 2.13. The number of pyridine rings is 1. The Morgan fingerprint density at radius 2 is 1.79 bits per heavy atom. The molecule has 2 heterocycles. The average molecular weight is 445 g/mol. The largest absolute Gasteiger partial charge is 0.370 e. The summed E-state index contributed by atoms with van der Waals surface area (Å²) in [5.41, 5.74) is 5.29. The highest BCUT2D eigenvalue weighted by Crippen LogP contribution is 2.50. The SMILES string of the molecule is C/C=C(/C(=C1/c2cc(=O)c(C(C)=O)cn2[C@](C)(C(C)(C)C)CN1C)c1ccccc1)C1CC1. The molecule has 0 radical (unpaired) electrons. The summed E-state index contributed by atoms with van der Waals surface area (Å²) in [5.74, 6) is 0.366. The van der Waals surface area contributed by atoms with Crippen molar-refractivity contribution in [1.29, 1.82) is 0 Å². The van der Waals surface area contributed by atoms with Crippen molar-refractivity contribution in [3.63, 3.8) is 0 Å². The van der Waals surface area contributed by atoms with Gasteiger partial charge in [0.1, 0.15) is 0 Å². The monoisotopic (exact) mass is 444 g/mol. The van der Waals surface area contributed by atoms with E-state index in [1.54, 1.807) is 6.07 Å². The number of likely N-dealkylation sites (N-methyl/N-ethyl adjacent to an activating group) is 1. The van der Waals surface area contributed by atoms with Crippen LogP contribution in [0, 0.1) is 11.3 Å². The van der Waals surface area contributed by atoms with Crippen LogP contribution >= 0.6 is 0 Å². The normalized spacial score (nSPS) is 22.8. The number of hydrogen-bond acceptors (Lipinski definition) is 3. The maximum Gasteiger partial charge on any atom is 0.193 e. The summed E-state index contributed by atoms with van der Waals surface area (Å²) < 4.78 is 2.21. The van der Waals surface area contributed by atoms with Gasteiger partial charge in [-0.2, -0.15) is 0 Å². The number of rotatable bonds is 4. The van der Waals surface area contributed by atoms with Crippen molar-refractivity contribution >= 4 is 17.1 Å². The van der Waals surface area contributed by atoms with E-state index >= 15 is 0 Å². The molecule has 1 aliphatic heterocycles. The zero-order valence-corrected chi connectivity index (χ0v) is 21.0. The third-order valence-electron chi connectivity index (χ3n) is 7.66. The van der Waals surface area contributed by atoms with Crippen LogP contribution in [0.15, 0.2) is 59.0 Å². The van der Waals surface area contributed by atoms with Gasteiger partial charge >= 0.3 is 0 Å². The second-order valence-electron chi connectivity index (χ2n) is 10.9. The second-order valence-corrected chi connectivity index (χ2v) is 10.9. The molecule has 1 aliphatic carbocycles. The molecule has 2 aliphatic rings. The van der Waals surface area contributed by atoms with Gasteiger partial charge in [0, 0.05) is 31.4 Å². The molecule has 1 saturated carbocycles. The van der Waals surface area contributed by atoms with Crippen molar-refractivity contribution in [1.82, 2.24) is 9.47 Å². The Balaban J connectivity index is 2.13. The maximum atomic E-state index is 13.1. The first-order valence-corrected chi connectivity index (χ1v) is 12.0. The highest BCUT2D eigenvalue weighted by molar-refractivity contribution is 5.99. The van der Waals surface area contributed by atoms with Gasteiger partial charge in [0.15, 0.2) is 11.2 Å². The van der Waals surface area contributed by atoms with E-state index in [1.165, 1.54) is 30.9 Å². The summed E-state index contributed by atoms with van der Waals surface area (Å²) in [6.07, 6.45) is 6.45. The summed E-state index contributed by atoms with van der Waals surface area (Å²) in [4.78, 5) is 27.7. The predicted octanol–water partition coefficient (Wildman–Crippen LogP) is 5.98. The molecule has 1 atom stereocenters. The van der Waals surface area contributed by atoms with E-state index in [4.69, 9.17) is 0 Å². The number of hydrogen-bond donors (Lipinski definition) is 0. The van der Waals surface area contributed by atoms with Crippen LogP contribution in [0.25, 0.3) is 11.3 Å². The third kappa shape index (κ3) is 3.90. The van der Waals surface area contributed by atoms with Gasteiger partial charge in [0.2, 0.25) is 0 Å². The van der Waals surface area contributed by atoms with E-state index in [2.05, 4.69) is 81.5 Å². The molecule has 4 rings (SSSR count). The van der Waals surface area contributed by atoms with Crippen molar-refractivity contribution in [3.05, 3.63) is 81.3 Å². The van der Waals surface area contributed by atoms with Gasteiger partial charge in [-0.1, -0.05) is 57.2 Å². The summed E-state index contributed by atoms with van der Waals surface area (Å²) in [6.45, 7) is 13.3. The average Bonchev–Trinajstić information content (AvgIpc) is 3.57. The first-order valence-electron chi connectivity index (χ1n) is 12.0. The summed E-state index contributed by atoms with van der Waals surface area (Å²) >= 11 is 0. The molecule has 1 fully saturated rings. The van der Waals surface area contributed by atoms with Crippen molar-refractivity contribution < 1.29 is 4.79 Å². The van der Waals surface area contributed by atoms with Gasteiger partial charge < -0.3 is 9.47 Å². The molecule has 0 unspecified atom stereocenters. The molecule has 4 heteroatoms. The second kappa shape index (κ2) is 8.16. The number of benzene rings is 1. The van der Waals surface area contributed by atoms with Gasteiger partial charge in [-0.3, -0.25) is 9.59 Å². The number of allylic oxidation sites excluding steroid dienone is 3. The van der Waals surface area contributed by atoms with E-state index in [9.17, 15) is 9.59 Å². The Hall–Kier alpha value is -2.88. The smallest absolute Gasteiger partial charge is 0.193 e. The first kappa shape index (κ1) is 23.3. The number of nitrogens with zero attached hydrogens (tertiary/aromatic N) is 2. The Morgan fingerprint density at radius 1 is 1.15 bits per heavy atom. The van der Waals surface area contributed by atoms with Gasteiger partial charge in [-0.15, -0.1) is 0 Å². The lowest BCUT2D eigenvalue weighted by Gasteiger charge is -2.52. The fourth-order valence-corrected chi connectivity index (χ4v) is 5.14. The third-order valence-corrected chi connectivity index (χ3v) is 7.66. The van der Waals surface area contributed by atoms with Gasteiger partial charge in [-0.25, -0.2) is 0 Å². The van der Waals surface area contributed by atoms with Crippen LogP contribution in [0.5, 0.6) is 0 Å². The van der Waals surface area contributed by atoms with Gasteiger partial charge in [0.05, 0.1) is 22.5 Å². The van der Waals surface area contributed by atoms with E-state index in [0.29, 0.717) is 5.92 Å². The lowest BCUT2D eigenvalue weighted by atomic mass is 9.72. The molecule has 0 spiro atoms. The van der Waals surface area contributed by atoms with Crippen LogP contribution in [0.4, 0.5) is 0 Å². The van der Waals surface area contributed by atoms with Crippen molar-refractivity contribution in [3.8, 4) is 0 Å². The van der Waals surface area contributed by atoms with E-state index in [-0.39, 0.29) is 27.7 Å². The van der Waals surface area contributed by atoms with Crippen molar-refractivity contribution in [2.24, 2.45) is 11.3 Å². The molecule has 1 aromatic carbocycles. The highest BCUT2D eigenvalue weighted by Gasteiger charge is 2.46. The minimum atomic E-state index is -0.310. The number of aromatic nitrogens is 1. The molecule has 0 N–H and O–H groups in total. The minimum Gasteiger partial charge on any atom is -0.370 e. The Kier molecular flexibility index (Phi) is 5.76. The van der Waals surface area contributed by atoms with Crippen molar-refractivity contribution in [2.45, 2.75) is 59.9 Å². The molecule has 33 heavy (non-hydrogen) atoms. The standard InChI is InChI=1S/C29H36N2O2/c1-8-22(20-14-15-20)26(21-12-10-9-11-13-21)27-24-16-25(33)23(19(2)32)17-31(24)29(6,18-30(27)7)28(3,4)5/h8-13,16-17,20H,14-15,18H2,1-7H3/b22-8+,27-26-/t29-/m0/s1. The summed E-state index contributed by atoms with van der Waals surface area (Å²) in [5, 5.41) is 0. The van der Waals surface area contributed by atoms with Crippen LogP contribution < -0.4 is 5.43 Å². The number of fused-ring (bicyclic) bond motifs is 1. The number of ketones is 1. The fraction of sp³-hybridized carbons (Fsp3) is 0.448. The topological polar surface area (TPSA) is 42.3 Å². The van der Waals surface area contributed by atoms with Gasteiger partial charge in [0.25, 0.3) is 0 Å². The predicted molar refractivity (Wildman–Crippen MR) is 136 cm³/mol. The van der Waals surface area contributed by atoms with Crippen LogP contribution in [0.3, 0.4) is 0 Å². The molecular formula is C29H36N2O2. The molecular weight excluding hydrogens is 408 g/mol. The zero-order chi connectivity index (χ0) is 24.1. The van der Waals surface area contributed by atoms with E-state index in [1.807, 2.05) is 12.3 Å². The quantitative estimate of drug-likeness (QED) is 0.545. The molecule has 174 valence electrons. The maximum absolute atomic E-state index is 13.1. The first-order chi connectivity index (χ1) is 15.5. The molecule has 4 nitrogen and oxygen atoms in total. The lowest BCUT2D eigenvalue weighted by Crippen LogP contribution is -2.55. The van der Waals surface area contributed by atoms with E-state index < -0.39 is 0 Å². The van der Waals surface area contributed by atoms with Crippen LogP contribution in [0.2, 0.25) is 0 Å². The van der Waals surface area contributed by atoms with Crippen molar-refractivity contribution in [2.75, 3.05) is 13.6 Å². The molecule has 1 aromatic heterocycles. The Morgan fingerprint density at radius 3 is 2.30 bits per heavy atom. The van der Waals surface area contributed by atoms with Crippen LogP contribution in [-0.4, -0.2) is 28.8 Å². The van der Waals surface area contributed by atoms with Crippen LogP contribution in [-0.2, 0) is 5.54 Å². The molecule has 0 amide bonds. The molecule has 0 bridgehead atoms. The fourth-order valence-electron chi connectivity index (χ4n) is 5.14. The minimum absolute atomic E-state index is 0.0997. The van der Waals surface area contributed by atoms with E-state index in [0.717, 1.165) is 23.5 Å². The Bertz CT molecular complexity index is 1210. The molecule has 0 saturated heterocycles. The highest BCUT2D eigenvalue weighted by atomic mass is 16.1. The van der Waals surface area contributed by atoms with Crippen LogP contribution in [0.1, 0.15) is 76.0 Å². The Labute approximate surface area is 197 Å².